The molecule has 1 heterocycles. The molecule has 0 spiro atoms. The highest BCUT2D eigenvalue weighted by Crippen LogP contribution is 2.15. The normalized spacial score (nSPS) is 10.3. The minimum absolute atomic E-state index is 0.351. The van der Waals surface area contributed by atoms with Crippen LogP contribution in [0.2, 0.25) is 5.02 Å². The lowest BCUT2D eigenvalue weighted by atomic mass is 10.2. The Morgan fingerprint density at radius 2 is 1.78 bits per heavy atom. The third-order valence-corrected chi connectivity index (χ3v) is 4.60. The lowest BCUT2D eigenvalue weighted by Gasteiger charge is -2.09. The number of thiazole rings is 1. The summed E-state index contributed by atoms with van der Waals surface area (Å²) in [6, 6.07) is 13.0. The summed E-state index contributed by atoms with van der Waals surface area (Å²) in [4.78, 5) is 28.5. The summed E-state index contributed by atoms with van der Waals surface area (Å²) in [6.07, 6.45) is 0. The molecule has 0 unspecified atom stereocenters. The summed E-state index contributed by atoms with van der Waals surface area (Å²) in [5, 5.41) is 3.37. The van der Waals surface area contributed by atoms with Crippen molar-refractivity contribution in [3.8, 4) is 5.75 Å². The van der Waals surface area contributed by atoms with Gasteiger partial charge in [-0.1, -0.05) is 17.7 Å². The van der Waals surface area contributed by atoms with Crippen molar-refractivity contribution < 1.29 is 14.3 Å². The average Bonchev–Trinajstić information content (AvgIpc) is 3.10. The van der Waals surface area contributed by atoms with Gasteiger partial charge < -0.3 is 4.74 Å². The zero-order valence-electron chi connectivity index (χ0n) is 14.4. The molecule has 0 fully saturated rings. The van der Waals surface area contributed by atoms with Gasteiger partial charge in [-0.2, -0.15) is 0 Å². The maximum atomic E-state index is 12.1. The van der Waals surface area contributed by atoms with Crippen LogP contribution in [0.3, 0.4) is 0 Å². The number of ether oxygens (including phenoxy) is 1. The van der Waals surface area contributed by atoms with Crippen molar-refractivity contribution in [1.82, 2.24) is 15.8 Å². The van der Waals surface area contributed by atoms with E-state index >= 15 is 0 Å². The van der Waals surface area contributed by atoms with E-state index < -0.39 is 11.8 Å². The molecule has 0 radical (unpaired) electrons. The van der Waals surface area contributed by atoms with Crippen LogP contribution in [0, 0.1) is 6.92 Å². The van der Waals surface area contributed by atoms with Gasteiger partial charge in [0.25, 0.3) is 11.8 Å². The Balaban J connectivity index is 1.52. The molecule has 0 saturated carbocycles. The van der Waals surface area contributed by atoms with Crippen molar-refractivity contribution in [2.45, 2.75) is 13.5 Å². The first-order chi connectivity index (χ1) is 13.0. The van der Waals surface area contributed by atoms with Gasteiger partial charge in [0.05, 0.1) is 10.7 Å². The van der Waals surface area contributed by atoms with Crippen molar-refractivity contribution in [2.24, 2.45) is 0 Å². The van der Waals surface area contributed by atoms with Crippen molar-refractivity contribution in [2.75, 3.05) is 0 Å². The zero-order valence-corrected chi connectivity index (χ0v) is 15.9. The molecular formula is C19H16ClN3O3S. The second-order valence-electron chi connectivity index (χ2n) is 5.59. The molecule has 0 saturated heterocycles. The number of benzene rings is 2. The Kier molecular flexibility index (Phi) is 6.05. The molecule has 3 rings (SSSR count). The Bertz CT molecular complexity index is 957. The van der Waals surface area contributed by atoms with E-state index in [0.29, 0.717) is 28.5 Å². The third kappa shape index (κ3) is 5.29. The Morgan fingerprint density at radius 1 is 1.07 bits per heavy atom. The van der Waals surface area contributed by atoms with Crippen LogP contribution in [0.5, 0.6) is 5.75 Å². The predicted octanol–water partition coefficient (Wildman–Crippen LogP) is 3.76. The molecule has 0 aliphatic heterocycles. The summed E-state index contributed by atoms with van der Waals surface area (Å²) < 4.78 is 5.64. The molecule has 0 atom stereocenters. The smallest absolute Gasteiger partial charge is 0.269 e. The molecule has 27 heavy (non-hydrogen) atoms. The van der Waals surface area contributed by atoms with E-state index in [9.17, 15) is 9.59 Å². The second-order valence-corrected chi connectivity index (χ2v) is 7.09. The monoisotopic (exact) mass is 401 g/mol. The van der Waals surface area contributed by atoms with Crippen LogP contribution in [0.15, 0.2) is 53.9 Å². The number of hydrogen-bond donors (Lipinski definition) is 2. The van der Waals surface area contributed by atoms with Crippen molar-refractivity contribution in [3.05, 3.63) is 80.8 Å². The van der Waals surface area contributed by atoms with Gasteiger partial charge in [0.2, 0.25) is 0 Å². The van der Waals surface area contributed by atoms with Gasteiger partial charge in [0.15, 0.2) is 0 Å². The van der Waals surface area contributed by atoms with Crippen molar-refractivity contribution in [1.29, 1.82) is 0 Å². The number of nitrogens with zero attached hydrogens (tertiary/aromatic N) is 1. The van der Waals surface area contributed by atoms with Crippen LogP contribution < -0.4 is 15.6 Å². The summed E-state index contributed by atoms with van der Waals surface area (Å²) in [7, 11) is 0. The van der Waals surface area contributed by atoms with Crippen LogP contribution in [0.25, 0.3) is 0 Å². The van der Waals surface area contributed by atoms with E-state index in [-0.39, 0.29) is 0 Å². The van der Waals surface area contributed by atoms with Crippen LogP contribution in [-0.4, -0.2) is 16.8 Å². The summed E-state index contributed by atoms with van der Waals surface area (Å²) in [5.41, 5.74) is 6.32. The molecule has 0 aliphatic carbocycles. The topological polar surface area (TPSA) is 80.3 Å². The second kappa shape index (κ2) is 8.66. The maximum Gasteiger partial charge on any atom is 0.269 e. The molecule has 2 N–H and O–H groups in total. The Labute approximate surface area is 165 Å². The molecule has 138 valence electrons. The standard InChI is InChI=1S/C19H16ClN3O3S/c1-12-21-16(11-27-12)10-26-17-7-5-13(6-8-17)18(24)22-23-19(25)14-3-2-4-15(20)9-14/h2-9,11H,10H2,1H3,(H,22,24)(H,23,25). The van der Waals surface area contributed by atoms with E-state index in [1.54, 1.807) is 53.8 Å². The van der Waals surface area contributed by atoms with E-state index in [4.69, 9.17) is 16.3 Å². The lowest BCUT2D eigenvalue weighted by molar-refractivity contribution is 0.0846. The number of carbonyl (C=O) groups excluding carboxylic acids is 2. The number of amides is 2. The summed E-state index contributed by atoms with van der Waals surface area (Å²) in [5.74, 6) is -0.267. The van der Waals surface area contributed by atoms with E-state index in [2.05, 4.69) is 15.8 Å². The number of hydrogen-bond acceptors (Lipinski definition) is 5. The third-order valence-electron chi connectivity index (χ3n) is 3.55. The highest BCUT2D eigenvalue weighted by atomic mass is 35.5. The highest BCUT2D eigenvalue weighted by molar-refractivity contribution is 7.09. The Morgan fingerprint density at radius 3 is 2.41 bits per heavy atom. The predicted molar refractivity (Wildman–Crippen MR) is 104 cm³/mol. The fourth-order valence-electron chi connectivity index (χ4n) is 2.22. The molecule has 2 amide bonds. The number of rotatable bonds is 5. The molecule has 2 aromatic carbocycles. The van der Waals surface area contributed by atoms with E-state index in [1.807, 2.05) is 12.3 Å². The highest BCUT2D eigenvalue weighted by Gasteiger charge is 2.10. The quantitative estimate of drug-likeness (QED) is 0.638. The number of halogens is 1. The van der Waals surface area contributed by atoms with Gasteiger partial charge >= 0.3 is 0 Å². The molecule has 6 nitrogen and oxygen atoms in total. The molecular weight excluding hydrogens is 386 g/mol. The van der Waals surface area contributed by atoms with Crippen molar-refractivity contribution >= 4 is 34.8 Å². The molecule has 8 heteroatoms. The van der Waals surface area contributed by atoms with Gasteiger partial charge in [0.1, 0.15) is 12.4 Å². The molecule has 1 aromatic heterocycles. The largest absolute Gasteiger partial charge is 0.487 e. The van der Waals surface area contributed by atoms with Gasteiger partial charge in [0, 0.05) is 21.5 Å². The van der Waals surface area contributed by atoms with E-state index in [1.165, 1.54) is 6.07 Å². The van der Waals surface area contributed by atoms with Gasteiger partial charge in [-0.05, 0) is 49.4 Å². The average molecular weight is 402 g/mol. The molecule has 3 aromatic rings. The van der Waals surface area contributed by atoms with Gasteiger partial charge in [-0.15, -0.1) is 11.3 Å². The van der Waals surface area contributed by atoms with E-state index in [0.717, 1.165) is 10.7 Å². The first kappa shape index (κ1) is 18.9. The minimum Gasteiger partial charge on any atom is -0.487 e. The number of nitrogens with one attached hydrogen (secondary N) is 2. The van der Waals surface area contributed by atoms with Crippen LogP contribution >= 0.6 is 22.9 Å². The fourth-order valence-corrected chi connectivity index (χ4v) is 3.01. The first-order valence-corrected chi connectivity index (χ1v) is 9.27. The number of hydrazine groups is 1. The Hall–Kier alpha value is -2.90. The van der Waals surface area contributed by atoms with Crippen LogP contribution in [0.4, 0.5) is 0 Å². The van der Waals surface area contributed by atoms with Crippen LogP contribution in [0.1, 0.15) is 31.4 Å². The van der Waals surface area contributed by atoms with Gasteiger partial charge in [-0.3, -0.25) is 20.4 Å². The first-order valence-electron chi connectivity index (χ1n) is 8.01. The van der Waals surface area contributed by atoms with Gasteiger partial charge in [-0.25, -0.2) is 4.98 Å². The zero-order chi connectivity index (χ0) is 19.2. The fraction of sp³-hybridized carbons (Fsp3) is 0.105. The molecule has 0 bridgehead atoms. The number of aryl methyl sites for hydroxylation is 1. The lowest BCUT2D eigenvalue weighted by Crippen LogP contribution is -2.41. The summed E-state index contributed by atoms with van der Waals surface area (Å²) in [6.45, 7) is 2.30. The number of carbonyl (C=O) groups is 2. The SMILES string of the molecule is Cc1nc(COc2ccc(C(=O)NNC(=O)c3cccc(Cl)c3)cc2)cs1. The maximum absolute atomic E-state index is 12.1. The summed E-state index contributed by atoms with van der Waals surface area (Å²) >= 11 is 7.41. The number of aromatic nitrogens is 1. The minimum atomic E-state index is -0.454. The molecule has 0 aliphatic rings. The van der Waals surface area contributed by atoms with Crippen molar-refractivity contribution in [3.63, 3.8) is 0 Å². The van der Waals surface area contributed by atoms with Crippen LogP contribution in [-0.2, 0) is 6.61 Å².